The van der Waals surface area contributed by atoms with Gasteiger partial charge in [0.1, 0.15) is 12.4 Å². The van der Waals surface area contributed by atoms with Crippen LogP contribution in [-0.4, -0.2) is 48.0 Å². The van der Waals surface area contributed by atoms with E-state index in [0.717, 1.165) is 37.3 Å². The molecule has 4 heteroatoms. The number of likely N-dealkylation sites (tertiary alicyclic amines) is 1. The van der Waals surface area contributed by atoms with E-state index in [1.165, 1.54) is 67.5 Å². The van der Waals surface area contributed by atoms with Crippen LogP contribution in [0.3, 0.4) is 0 Å². The van der Waals surface area contributed by atoms with E-state index in [2.05, 4.69) is 53.4 Å². The van der Waals surface area contributed by atoms with Crippen LogP contribution in [0, 0.1) is 5.41 Å². The fourth-order valence-electron chi connectivity index (χ4n) is 6.46. The lowest BCUT2D eigenvalue weighted by Gasteiger charge is -2.23. The van der Waals surface area contributed by atoms with Crippen molar-refractivity contribution in [3.8, 4) is 5.75 Å². The molecule has 0 radical (unpaired) electrons. The highest BCUT2D eigenvalue weighted by Crippen LogP contribution is 2.45. The Morgan fingerprint density at radius 1 is 0.892 bits per heavy atom. The average molecular weight is 500 g/mol. The van der Waals surface area contributed by atoms with Gasteiger partial charge >= 0.3 is 0 Å². The molecule has 4 nitrogen and oxygen atoms in total. The van der Waals surface area contributed by atoms with Crippen molar-refractivity contribution < 1.29 is 14.9 Å². The van der Waals surface area contributed by atoms with Crippen LogP contribution >= 0.6 is 0 Å². The molecule has 1 spiro atoms. The molecule has 1 heterocycles. The number of allylic oxidation sites excluding steroid dienone is 6. The summed E-state index contributed by atoms with van der Waals surface area (Å²) in [6.45, 7) is 4.34. The van der Waals surface area contributed by atoms with Crippen molar-refractivity contribution in [2.24, 2.45) is 5.41 Å². The van der Waals surface area contributed by atoms with Crippen LogP contribution in [0.4, 0.5) is 0 Å². The molecule has 1 aliphatic heterocycles. The fraction of sp³-hybridized carbons (Fsp3) is 0.455. The molecule has 2 aromatic carbocycles. The van der Waals surface area contributed by atoms with Crippen LogP contribution in [0.25, 0.3) is 11.1 Å². The van der Waals surface area contributed by atoms with Crippen LogP contribution in [0.2, 0.25) is 0 Å². The number of aliphatic hydroxyl groups excluding tert-OH is 2. The third-order valence-corrected chi connectivity index (χ3v) is 8.46. The predicted molar refractivity (Wildman–Crippen MR) is 151 cm³/mol. The van der Waals surface area contributed by atoms with E-state index >= 15 is 0 Å². The van der Waals surface area contributed by atoms with E-state index in [4.69, 9.17) is 4.74 Å². The normalized spacial score (nSPS) is 20.0. The Hall–Kier alpha value is -2.82. The third kappa shape index (κ3) is 6.37. The Morgan fingerprint density at radius 3 is 2.38 bits per heavy atom. The lowest BCUT2D eigenvalue weighted by atomic mass is 9.84. The number of benzene rings is 2. The number of nitrogens with zero attached hydrogens (tertiary/aromatic N) is 1. The quantitative estimate of drug-likeness (QED) is 0.340. The second-order valence-electron chi connectivity index (χ2n) is 11.0. The van der Waals surface area contributed by atoms with Gasteiger partial charge in [0.25, 0.3) is 0 Å². The minimum absolute atomic E-state index is 0.161. The highest BCUT2D eigenvalue weighted by Gasteiger charge is 2.39. The second kappa shape index (κ2) is 12.1. The van der Waals surface area contributed by atoms with Gasteiger partial charge in [-0.2, -0.15) is 0 Å². The minimum Gasteiger partial charge on any atom is -0.512 e. The summed E-state index contributed by atoms with van der Waals surface area (Å²) in [7, 11) is 0. The summed E-state index contributed by atoms with van der Waals surface area (Å²) in [5.74, 6) is 1.34. The van der Waals surface area contributed by atoms with Gasteiger partial charge in [-0.3, -0.25) is 4.90 Å². The molecular weight excluding hydrogens is 458 g/mol. The lowest BCUT2D eigenvalue weighted by Crippen LogP contribution is -2.29. The van der Waals surface area contributed by atoms with Gasteiger partial charge in [0, 0.05) is 26.1 Å². The Bertz CT molecular complexity index is 1120. The van der Waals surface area contributed by atoms with Crippen molar-refractivity contribution >= 4 is 11.1 Å². The van der Waals surface area contributed by atoms with E-state index in [9.17, 15) is 10.2 Å². The molecular formula is C33H41NO3. The van der Waals surface area contributed by atoms with Gasteiger partial charge in [-0.15, -0.1) is 0 Å². The fourth-order valence-corrected chi connectivity index (χ4v) is 6.46. The monoisotopic (exact) mass is 499 g/mol. The Morgan fingerprint density at radius 2 is 1.68 bits per heavy atom. The first-order chi connectivity index (χ1) is 18.2. The van der Waals surface area contributed by atoms with Crippen molar-refractivity contribution in [2.75, 3.05) is 32.8 Å². The van der Waals surface area contributed by atoms with Crippen molar-refractivity contribution in [3.05, 3.63) is 89.2 Å². The van der Waals surface area contributed by atoms with Gasteiger partial charge < -0.3 is 14.9 Å². The number of rotatable bonds is 10. The second-order valence-corrected chi connectivity index (χ2v) is 11.0. The van der Waals surface area contributed by atoms with Crippen molar-refractivity contribution in [1.29, 1.82) is 0 Å². The Kier molecular flexibility index (Phi) is 8.48. The highest BCUT2D eigenvalue weighted by molar-refractivity contribution is 5.98. The maximum Gasteiger partial charge on any atom is 0.119 e. The van der Waals surface area contributed by atoms with Crippen LogP contribution in [-0.2, 0) is 0 Å². The summed E-state index contributed by atoms with van der Waals surface area (Å²) in [6, 6.07) is 19.0. The molecule has 1 saturated carbocycles. The molecule has 0 aromatic heterocycles. The number of ether oxygens (including phenoxy) is 1. The summed E-state index contributed by atoms with van der Waals surface area (Å²) >= 11 is 0. The molecule has 2 fully saturated rings. The van der Waals surface area contributed by atoms with Crippen LogP contribution in [0.15, 0.2) is 78.1 Å². The van der Waals surface area contributed by atoms with E-state index in [1.807, 2.05) is 18.2 Å². The largest absolute Gasteiger partial charge is 0.512 e. The standard InChI is InChI=1S/C33H41NO3/c35-23-6-9-31(26-7-2-1-3-8-26)32(27-10-14-29(36)15-11-27)28-12-16-30(17-13-28)37-24-22-34-21-20-33(25-34)18-4-5-19-33/h1-3,7-8,10,12-14,16-17,35-36H,4-6,9,11,15,18-25H2/b32-31-. The summed E-state index contributed by atoms with van der Waals surface area (Å²) < 4.78 is 6.18. The van der Waals surface area contributed by atoms with Crippen molar-refractivity contribution in [2.45, 2.75) is 57.8 Å². The molecule has 37 heavy (non-hydrogen) atoms. The molecule has 2 N–H and O–H groups in total. The average Bonchev–Trinajstić information content (AvgIpc) is 3.57. The summed E-state index contributed by atoms with van der Waals surface area (Å²) in [5.41, 5.74) is 6.59. The molecule has 0 bridgehead atoms. The summed E-state index contributed by atoms with van der Waals surface area (Å²) in [6.07, 6.45) is 13.8. The van der Waals surface area contributed by atoms with Crippen LogP contribution < -0.4 is 4.74 Å². The summed E-state index contributed by atoms with van der Waals surface area (Å²) in [5, 5.41) is 19.6. The van der Waals surface area contributed by atoms with Gasteiger partial charge in [0.2, 0.25) is 0 Å². The van der Waals surface area contributed by atoms with Crippen molar-refractivity contribution in [1.82, 2.24) is 4.90 Å². The number of aliphatic hydroxyl groups is 2. The zero-order chi connectivity index (χ0) is 25.5. The van der Waals surface area contributed by atoms with E-state index in [-0.39, 0.29) is 6.61 Å². The first-order valence-corrected chi connectivity index (χ1v) is 14.1. The number of hydrogen-bond acceptors (Lipinski definition) is 4. The first kappa shape index (κ1) is 25.8. The van der Waals surface area contributed by atoms with E-state index in [0.29, 0.717) is 24.0 Å². The highest BCUT2D eigenvalue weighted by atomic mass is 16.5. The van der Waals surface area contributed by atoms with Gasteiger partial charge in [0.15, 0.2) is 0 Å². The molecule has 1 saturated heterocycles. The lowest BCUT2D eigenvalue weighted by molar-refractivity contribution is 0.213. The van der Waals surface area contributed by atoms with Gasteiger partial charge in [-0.05, 0) is 96.5 Å². The van der Waals surface area contributed by atoms with Gasteiger partial charge in [-0.1, -0.05) is 61.4 Å². The van der Waals surface area contributed by atoms with Gasteiger partial charge in [0.05, 0.1) is 5.76 Å². The minimum atomic E-state index is 0.161. The Balaban J connectivity index is 1.33. The third-order valence-electron chi connectivity index (χ3n) is 8.46. The number of hydrogen-bond donors (Lipinski definition) is 2. The van der Waals surface area contributed by atoms with E-state index in [1.54, 1.807) is 0 Å². The molecule has 0 amide bonds. The molecule has 0 atom stereocenters. The molecule has 0 unspecified atom stereocenters. The molecule has 2 aliphatic carbocycles. The van der Waals surface area contributed by atoms with E-state index < -0.39 is 0 Å². The molecule has 3 aliphatic rings. The molecule has 2 aromatic rings. The zero-order valence-electron chi connectivity index (χ0n) is 22.0. The first-order valence-electron chi connectivity index (χ1n) is 14.1. The van der Waals surface area contributed by atoms with Crippen molar-refractivity contribution in [3.63, 3.8) is 0 Å². The SMILES string of the molecule is OCCC/C(=C(\C1=CC=C(O)CC1)c1ccc(OCCN2CCC3(CCCC3)C2)cc1)c1ccccc1. The predicted octanol–water partition coefficient (Wildman–Crippen LogP) is 7.18. The molecule has 5 rings (SSSR count). The van der Waals surface area contributed by atoms with Crippen LogP contribution in [0.1, 0.15) is 68.9 Å². The van der Waals surface area contributed by atoms with Gasteiger partial charge in [-0.25, -0.2) is 0 Å². The maximum absolute atomic E-state index is 9.98. The zero-order valence-corrected chi connectivity index (χ0v) is 22.0. The Labute approximate surface area is 222 Å². The maximum atomic E-state index is 9.98. The van der Waals surface area contributed by atoms with Crippen LogP contribution in [0.5, 0.6) is 5.75 Å². The smallest absolute Gasteiger partial charge is 0.119 e. The topological polar surface area (TPSA) is 52.9 Å². The molecule has 196 valence electrons. The summed E-state index contributed by atoms with van der Waals surface area (Å²) in [4.78, 5) is 2.59.